The van der Waals surface area contributed by atoms with Crippen LogP contribution in [0.2, 0.25) is 0 Å². The van der Waals surface area contributed by atoms with Gasteiger partial charge >= 0.3 is 0 Å². The molecule has 1 atom stereocenters. The smallest absolute Gasteiger partial charge is 0.212 e. The summed E-state index contributed by atoms with van der Waals surface area (Å²) < 4.78 is 53.5. The van der Waals surface area contributed by atoms with Gasteiger partial charge in [-0.1, -0.05) is 24.3 Å². The van der Waals surface area contributed by atoms with Crippen molar-refractivity contribution in [3.63, 3.8) is 0 Å². The molecule has 0 saturated carbocycles. The SMILES string of the molecule is Cc1ccccc1C1CCN(S(=O)(=O)Cc2cc(F)cc(F)c2)CCS1. The molecule has 0 bridgehead atoms. The van der Waals surface area contributed by atoms with Gasteiger partial charge in [0.05, 0.1) is 5.75 Å². The number of benzene rings is 2. The van der Waals surface area contributed by atoms with E-state index in [2.05, 4.69) is 19.1 Å². The fourth-order valence-electron chi connectivity index (χ4n) is 3.22. The van der Waals surface area contributed by atoms with E-state index in [4.69, 9.17) is 0 Å². The number of rotatable bonds is 4. The lowest BCUT2D eigenvalue weighted by Crippen LogP contribution is -2.34. The topological polar surface area (TPSA) is 37.4 Å². The van der Waals surface area contributed by atoms with Crippen molar-refractivity contribution in [1.82, 2.24) is 4.31 Å². The third-order valence-corrected chi connectivity index (χ3v) is 7.66. The predicted molar refractivity (Wildman–Crippen MR) is 102 cm³/mol. The normalized spacial score (nSPS) is 19.3. The van der Waals surface area contributed by atoms with Crippen molar-refractivity contribution in [3.8, 4) is 0 Å². The molecule has 0 spiro atoms. The second-order valence-electron chi connectivity index (χ2n) is 6.44. The van der Waals surface area contributed by atoms with Gasteiger partial charge in [0.2, 0.25) is 10.0 Å². The van der Waals surface area contributed by atoms with Gasteiger partial charge in [-0.25, -0.2) is 21.5 Å². The van der Waals surface area contributed by atoms with Crippen LogP contribution < -0.4 is 0 Å². The van der Waals surface area contributed by atoms with Crippen molar-refractivity contribution in [2.45, 2.75) is 24.3 Å². The molecule has 1 fully saturated rings. The van der Waals surface area contributed by atoms with E-state index in [-0.39, 0.29) is 16.6 Å². The highest BCUT2D eigenvalue weighted by molar-refractivity contribution is 7.99. The zero-order chi connectivity index (χ0) is 18.7. The van der Waals surface area contributed by atoms with Crippen molar-refractivity contribution in [1.29, 1.82) is 0 Å². The average Bonchev–Trinajstić information content (AvgIpc) is 2.80. The van der Waals surface area contributed by atoms with Gasteiger partial charge in [0.25, 0.3) is 0 Å². The molecule has 26 heavy (non-hydrogen) atoms. The minimum absolute atomic E-state index is 0.134. The van der Waals surface area contributed by atoms with E-state index in [1.54, 1.807) is 11.8 Å². The lowest BCUT2D eigenvalue weighted by Gasteiger charge is -2.20. The Morgan fingerprint density at radius 1 is 1.12 bits per heavy atom. The molecular weight excluding hydrogens is 376 g/mol. The molecule has 0 amide bonds. The summed E-state index contributed by atoms with van der Waals surface area (Å²) in [6, 6.07) is 11.0. The maximum Gasteiger partial charge on any atom is 0.218 e. The number of thioether (sulfide) groups is 1. The maximum atomic E-state index is 13.3. The first-order valence-electron chi connectivity index (χ1n) is 8.45. The molecule has 2 aromatic rings. The Morgan fingerprint density at radius 2 is 1.81 bits per heavy atom. The number of sulfonamides is 1. The van der Waals surface area contributed by atoms with Gasteiger partial charge in [-0.3, -0.25) is 0 Å². The molecule has 1 saturated heterocycles. The van der Waals surface area contributed by atoms with Crippen LogP contribution >= 0.6 is 11.8 Å². The second kappa shape index (κ2) is 8.06. The van der Waals surface area contributed by atoms with Gasteiger partial charge in [-0.15, -0.1) is 0 Å². The molecule has 140 valence electrons. The third-order valence-electron chi connectivity index (χ3n) is 4.50. The van der Waals surface area contributed by atoms with Crippen LogP contribution in [0.1, 0.15) is 28.4 Å². The van der Waals surface area contributed by atoms with Gasteiger partial charge in [-0.05, 0) is 42.2 Å². The minimum Gasteiger partial charge on any atom is -0.212 e. The quantitative estimate of drug-likeness (QED) is 0.773. The van der Waals surface area contributed by atoms with Gasteiger partial charge in [0, 0.05) is 30.2 Å². The standard InChI is InChI=1S/C19H21F2NO2S2/c1-14-4-2-3-5-18(14)19-6-7-22(8-9-25-19)26(23,24)13-15-10-16(20)12-17(21)11-15/h2-5,10-12,19H,6-9,13H2,1H3. The second-order valence-corrected chi connectivity index (χ2v) is 9.72. The van der Waals surface area contributed by atoms with Crippen molar-refractivity contribution in [2.24, 2.45) is 0 Å². The van der Waals surface area contributed by atoms with Crippen LogP contribution in [0, 0.1) is 18.6 Å². The van der Waals surface area contributed by atoms with E-state index < -0.39 is 21.7 Å². The van der Waals surface area contributed by atoms with E-state index in [1.807, 2.05) is 12.1 Å². The van der Waals surface area contributed by atoms with E-state index in [0.29, 0.717) is 25.3 Å². The Bertz CT molecular complexity index is 867. The average molecular weight is 398 g/mol. The first-order chi connectivity index (χ1) is 12.3. The summed E-state index contributed by atoms with van der Waals surface area (Å²) >= 11 is 1.76. The molecule has 0 N–H and O–H groups in total. The zero-order valence-electron chi connectivity index (χ0n) is 14.5. The van der Waals surface area contributed by atoms with Crippen molar-refractivity contribution >= 4 is 21.8 Å². The Labute approximate surface area is 157 Å². The van der Waals surface area contributed by atoms with Crippen molar-refractivity contribution in [3.05, 3.63) is 70.8 Å². The largest absolute Gasteiger partial charge is 0.218 e. The third kappa shape index (κ3) is 4.64. The van der Waals surface area contributed by atoms with Crippen molar-refractivity contribution < 1.29 is 17.2 Å². The Hall–Kier alpha value is -1.44. The summed E-state index contributed by atoms with van der Waals surface area (Å²) in [4.78, 5) is 0. The predicted octanol–water partition coefficient (Wildman–Crippen LogP) is 4.28. The van der Waals surface area contributed by atoms with Crippen LogP contribution in [0.5, 0.6) is 0 Å². The molecule has 2 aromatic carbocycles. The Kier molecular flexibility index (Phi) is 5.99. The minimum atomic E-state index is -3.62. The molecule has 3 rings (SSSR count). The number of hydrogen-bond donors (Lipinski definition) is 0. The first kappa shape index (κ1) is 19.3. The summed E-state index contributed by atoms with van der Waals surface area (Å²) in [7, 11) is -3.62. The molecule has 0 aliphatic carbocycles. The summed E-state index contributed by atoms with van der Waals surface area (Å²) in [6.07, 6.45) is 0.715. The van der Waals surface area contributed by atoms with E-state index in [9.17, 15) is 17.2 Å². The highest BCUT2D eigenvalue weighted by Gasteiger charge is 2.27. The summed E-state index contributed by atoms with van der Waals surface area (Å²) in [5, 5.41) is 0.253. The molecular formula is C19H21F2NO2S2. The molecule has 1 heterocycles. The van der Waals surface area contributed by atoms with E-state index in [1.165, 1.54) is 15.4 Å². The van der Waals surface area contributed by atoms with E-state index in [0.717, 1.165) is 18.2 Å². The van der Waals surface area contributed by atoms with Gasteiger partial charge in [-0.2, -0.15) is 11.8 Å². The Balaban J connectivity index is 1.72. The molecule has 1 aliphatic heterocycles. The van der Waals surface area contributed by atoms with E-state index >= 15 is 0 Å². The first-order valence-corrected chi connectivity index (χ1v) is 11.1. The van der Waals surface area contributed by atoms with Gasteiger partial charge in [0.15, 0.2) is 0 Å². The van der Waals surface area contributed by atoms with Crippen LogP contribution in [0.3, 0.4) is 0 Å². The molecule has 3 nitrogen and oxygen atoms in total. The molecule has 7 heteroatoms. The van der Waals surface area contributed by atoms with Crippen LogP contribution in [0.15, 0.2) is 42.5 Å². The lowest BCUT2D eigenvalue weighted by molar-refractivity contribution is 0.427. The summed E-state index contributed by atoms with van der Waals surface area (Å²) in [5.74, 6) is -1.22. The van der Waals surface area contributed by atoms with Crippen LogP contribution in [-0.4, -0.2) is 31.6 Å². The number of hydrogen-bond acceptors (Lipinski definition) is 3. The van der Waals surface area contributed by atoms with Gasteiger partial charge in [0.1, 0.15) is 11.6 Å². The Morgan fingerprint density at radius 3 is 2.50 bits per heavy atom. The summed E-state index contributed by atoms with van der Waals surface area (Å²) in [6.45, 7) is 2.88. The molecule has 0 aromatic heterocycles. The monoisotopic (exact) mass is 397 g/mol. The highest BCUT2D eigenvalue weighted by atomic mass is 32.2. The molecule has 0 radical (unpaired) electrons. The highest BCUT2D eigenvalue weighted by Crippen LogP contribution is 2.36. The van der Waals surface area contributed by atoms with Crippen LogP contribution in [0.25, 0.3) is 0 Å². The summed E-state index contributed by atoms with van der Waals surface area (Å²) in [5.41, 5.74) is 2.58. The number of aryl methyl sites for hydroxylation is 1. The fraction of sp³-hybridized carbons (Fsp3) is 0.368. The lowest BCUT2D eigenvalue weighted by atomic mass is 10.0. The van der Waals surface area contributed by atoms with Crippen LogP contribution in [0.4, 0.5) is 8.78 Å². The van der Waals surface area contributed by atoms with Crippen molar-refractivity contribution in [2.75, 3.05) is 18.8 Å². The molecule has 1 aliphatic rings. The maximum absolute atomic E-state index is 13.3. The fourth-order valence-corrected chi connectivity index (χ4v) is 6.19. The molecule has 1 unspecified atom stereocenters. The van der Waals surface area contributed by atoms with Gasteiger partial charge < -0.3 is 0 Å². The number of halogens is 2. The zero-order valence-corrected chi connectivity index (χ0v) is 16.1. The number of nitrogens with zero attached hydrogens (tertiary/aromatic N) is 1. The van der Waals surface area contributed by atoms with Crippen LogP contribution in [-0.2, 0) is 15.8 Å².